The van der Waals surface area contributed by atoms with E-state index in [4.69, 9.17) is 5.73 Å². The molecular weight excluding hydrogens is 343 g/mol. The van der Waals surface area contributed by atoms with Crippen LogP contribution in [0.2, 0.25) is 0 Å². The smallest absolute Gasteiger partial charge is 0.227 e. The molecule has 2 N–H and O–H groups in total. The molecule has 1 heterocycles. The summed E-state index contributed by atoms with van der Waals surface area (Å²) in [6.07, 6.45) is 1.96. The van der Waals surface area contributed by atoms with Crippen LogP contribution < -0.4 is 10.6 Å². The standard InChI is InChI=1S/C19H19FN2O2.ClH/c20-14-8-6-13(7-9-14)18(23)10-11-19(24)22-12-2-3-15-16(21)4-1-5-17(15)22;/h1,4-9H,2-3,10-12,21H2;1H. The molecule has 0 atom stereocenters. The molecule has 0 saturated carbocycles. The SMILES string of the molecule is Cl.Nc1cccc2c1CCCN2C(=O)CCC(=O)c1ccc(F)cc1. The highest BCUT2D eigenvalue weighted by Gasteiger charge is 2.24. The molecule has 0 aromatic heterocycles. The Morgan fingerprint density at radius 1 is 1.08 bits per heavy atom. The zero-order valence-corrected chi connectivity index (χ0v) is 14.5. The number of nitrogens with zero attached hydrogens (tertiary/aromatic N) is 1. The molecule has 2 aromatic carbocycles. The Kier molecular flexibility index (Phi) is 6.15. The Hall–Kier alpha value is -2.40. The number of rotatable bonds is 4. The summed E-state index contributed by atoms with van der Waals surface area (Å²) in [5.41, 5.74) is 8.97. The van der Waals surface area contributed by atoms with Crippen molar-refractivity contribution in [1.29, 1.82) is 0 Å². The Balaban J connectivity index is 0.00000225. The molecule has 0 fully saturated rings. The van der Waals surface area contributed by atoms with Gasteiger partial charge >= 0.3 is 0 Å². The highest BCUT2D eigenvalue weighted by Crippen LogP contribution is 2.31. The van der Waals surface area contributed by atoms with Crippen LogP contribution >= 0.6 is 12.4 Å². The van der Waals surface area contributed by atoms with Crippen LogP contribution in [0.3, 0.4) is 0 Å². The first kappa shape index (κ1) is 18.9. The second-order valence-corrected chi connectivity index (χ2v) is 5.92. The van der Waals surface area contributed by atoms with Gasteiger partial charge in [0.2, 0.25) is 5.91 Å². The van der Waals surface area contributed by atoms with E-state index in [1.165, 1.54) is 24.3 Å². The van der Waals surface area contributed by atoms with Gasteiger partial charge in [0.05, 0.1) is 0 Å². The van der Waals surface area contributed by atoms with Crippen molar-refractivity contribution in [1.82, 2.24) is 0 Å². The van der Waals surface area contributed by atoms with E-state index in [1.807, 2.05) is 18.2 Å². The largest absolute Gasteiger partial charge is 0.398 e. The summed E-state index contributed by atoms with van der Waals surface area (Å²) in [6, 6.07) is 11.0. The van der Waals surface area contributed by atoms with Crippen LogP contribution in [0, 0.1) is 5.82 Å². The molecule has 0 saturated heterocycles. The van der Waals surface area contributed by atoms with E-state index in [0.717, 1.165) is 24.1 Å². The Morgan fingerprint density at radius 2 is 1.80 bits per heavy atom. The lowest BCUT2D eigenvalue weighted by Crippen LogP contribution is -2.35. The Morgan fingerprint density at radius 3 is 2.52 bits per heavy atom. The van der Waals surface area contributed by atoms with Crippen LogP contribution in [0.15, 0.2) is 42.5 Å². The molecule has 4 nitrogen and oxygen atoms in total. The van der Waals surface area contributed by atoms with Crippen molar-refractivity contribution in [3.63, 3.8) is 0 Å². The fraction of sp³-hybridized carbons (Fsp3) is 0.263. The highest BCUT2D eigenvalue weighted by molar-refractivity contribution is 6.01. The number of anilines is 2. The lowest BCUT2D eigenvalue weighted by Gasteiger charge is -2.30. The lowest BCUT2D eigenvalue weighted by atomic mass is 9.99. The maximum Gasteiger partial charge on any atom is 0.227 e. The van der Waals surface area contributed by atoms with Crippen LogP contribution in [0.1, 0.15) is 35.2 Å². The minimum atomic E-state index is -0.384. The minimum Gasteiger partial charge on any atom is -0.398 e. The van der Waals surface area contributed by atoms with Gasteiger partial charge in [0, 0.05) is 36.3 Å². The maximum absolute atomic E-state index is 12.9. The van der Waals surface area contributed by atoms with E-state index in [9.17, 15) is 14.0 Å². The van der Waals surface area contributed by atoms with Gasteiger partial charge in [-0.25, -0.2) is 4.39 Å². The number of carbonyl (C=O) groups is 2. The molecule has 25 heavy (non-hydrogen) atoms. The predicted octanol–water partition coefficient (Wildman–Crippen LogP) is 3.77. The fourth-order valence-electron chi connectivity index (χ4n) is 3.05. The number of hydrogen-bond donors (Lipinski definition) is 1. The number of carbonyl (C=O) groups excluding carboxylic acids is 2. The molecule has 132 valence electrons. The molecule has 3 rings (SSSR count). The van der Waals surface area contributed by atoms with E-state index < -0.39 is 0 Å². The van der Waals surface area contributed by atoms with Crippen LogP contribution in [0.25, 0.3) is 0 Å². The summed E-state index contributed by atoms with van der Waals surface area (Å²) >= 11 is 0. The minimum absolute atomic E-state index is 0. The average Bonchev–Trinajstić information content (AvgIpc) is 2.60. The summed E-state index contributed by atoms with van der Waals surface area (Å²) in [6.45, 7) is 0.639. The molecule has 0 radical (unpaired) electrons. The molecule has 6 heteroatoms. The lowest BCUT2D eigenvalue weighted by molar-refractivity contribution is -0.118. The van der Waals surface area contributed by atoms with Crippen molar-refractivity contribution in [2.75, 3.05) is 17.2 Å². The predicted molar refractivity (Wildman–Crippen MR) is 98.7 cm³/mol. The van der Waals surface area contributed by atoms with Gasteiger partial charge in [0.1, 0.15) is 5.82 Å². The van der Waals surface area contributed by atoms with Crippen molar-refractivity contribution in [3.8, 4) is 0 Å². The quantitative estimate of drug-likeness (QED) is 0.665. The number of nitrogens with two attached hydrogens (primary N) is 1. The van der Waals surface area contributed by atoms with E-state index in [0.29, 0.717) is 17.8 Å². The monoisotopic (exact) mass is 362 g/mol. The Bertz CT molecular complexity index is 777. The van der Waals surface area contributed by atoms with Crippen LogP contribution in [0.4, 0.5) is 15.8 Å². The van der Waals surface area contributed by atoms with E-state index >= 15 is 0 Å². The van der Waals surface area contributed by atoms with Crippen molar-refractivity contribution >= 4 is 35.5 Å². The van der Waals surface area contributed by atoms with E-state index in [-0.39, 0.29) is 42.8 Å². The third-order valence-electron chi connectivity index (χ3n) is 4.32. The fourth-order valence-corrected chi connectivity index (χ4v) is 3.05. The molecule has 1 aliphatic heterocycles. The number of halogens is 2. The first-order valence-electron chi connectivity index (χ1n) is 8.03. The van der Waals surface area contributed by atoms with Gasteiger partial charge in [-0.2, -0.15) is 0 Å². The number of benzene rings is 2. The number of amides is 1. The molecule has 0 spiro atoms. The van der Waals surface area contributed by atoms with Crippen molar-refractivity contribution < 1.29 is 14.0 Å². The van der Waals surface area contributed by atoms with E-state index in [1.54, 1.807) is 4.90 Å². The van der Waals surface area contributed by atoms with Gasteiger partial charge in [0.25, 0.3) is 0 Å². The van der Waals surface area contributed by atoms with Gasteiger partial charge in [-0.05, 0) is 54.8 Å². The third kappa shape index (κ3) is 4.17. The first-order chi connectivity index (χ1) is 11.6. The van der Waals surface area contributed by atoms with Crippen molar-refractivity contribution in [2.45, 2.75) is 25.7 Å². The molecule has 0 aliphatic carbocycles. The average molecular weight is 363 g/mol. The summed E-state index contributed by atoms with van der Waals surface area (Å²) in [5, 5.41) is 0. The van der Waals surface area contributed by atoms with Crippen LogP contribution in [-0.4, -0.2) is 18.2 Å². The van der Waals surface area contributed by atoms with Crippen LogP contribution in [0.5, 0.6) is 0 Å². The van der Waals surface area contributed by atoms with Crippen LogP contribution in [-0.2, 0) is 11.2 Å². The van der Waals surface area contributed by atoms with Gasteiger partial charge < -0.3 is 10.6 Å². The summed E-state index contributed by atoms with van der Waals surface area (Å²) in [7, 11) is 0. The molecule has 1 amide bonds. The number of fused-ring (bicyclic) bond motifs is 1. The normalized spacial score (nSPS) is 12.9. The third-order valence-corrected chi connectivity index (χ3v) is 4.32. The Labute approximate surface area is 152 Å². The summed E-state index contributed by atoms with van der Waals surface area (Å²) < 4.78 is 12.9. The molecule has 0 bridgehead atoms. The number of ketones is 1. The van der Waals surface area contributed by atoms with E-state index in [2.05, 4.69) is 0 Å². The number of nitrogen functional groups attached to an aromatic ring is 1. The highest BCUT2D eigenvalue weighted by atomic mass is 35.5. The second kappa shape index (κ2) is 8.12. The summed E-state index contributed by atoms with van der Waals surface area (Å²) in [5.74, 6) is -0.629. The molecule has 2 aromatic rings. The van der Waals surface area contributed by atoms with Gasteiger partial charge in [-0.3, -0.25) is 9.59 Å². The zero-order valence-electron chi connectivity index (χ0n) is 13.7. The van der Waals surface area contributed by atoms with Gasteiger partial charge in [-0.15, -0.1) is 12.4 Å². The number of hydrogen-bond acceptors (Lipinski definition) is 3. The van der Waals surface area contributed by atoms with Crippen molar-refractivity contribution in [2.24, 2.45) is 0 Å². The molecule has 0 unspecified atom stereocenters. The zero-order chi connectivity index (χ0) is 17.1. The number of Topliss-reactive ketones (excluding diaryl/α,β-unsaturated/α-hetero) is 1. The van der Waals surface area contributed by atoms with Crippen molar-refractivity contribution in [3.05, 3.63) is 59.4 Å². The second-order valence-electron chi connectivity index (χ2n) is 5.92. The maximum atomic E-state index is 12.9. The van der Waals surface area contributed by atoms with Gasteiger partial charge in [-0.1, -0.05) is 6.07 Å². The summed E-state index contributed by atoms with van der Waals surface area (Å²) in [4.78, 5) is 26.4. The topological polar surface area (TPSA) is 63.4 Å². The first-order valence-corrected chi connectivity index (χ1v) is 8.03. The molecule has 1 aliphatic rings. The van der Waals surface area contributed by atoms with Gasteiger partial charge in [0.15, 0.2) is 5.78 Å². The molecular formula is C19H20ClFN2O2.